The van der Waals surface area contributed by atoms with E-state index in [1.807, 2.05) is 13.8 Å². The predicted octanol–water partition coefficient (Wildman–Crippen LogP) is 2.36. The zero-order valence-electron chi connectivity index (χ0n) is 9.51. The first-order valence-corrected chi connectivity index (χ1v) is 5.61. The van der Waals surface area contributed by atoms with Gasteiger partial charge in [0, 0.05) is 5.69 Å². The highest BCUT2D eigenvalue weighted by molar-refractivity contribution is 5.51. The average molecular weight is 205 g/mol. The molecule has 15 heavy (non-hydrogen) atoms. The van der Waals surface area contributed by atoms with Crippen LogP contribution in [-0.2, 0) is 12.8 Å². The summed E-state index contributed by atoms with van der Waals surface area (Å²) in [4.78, 5) is 0. The second kappa shape index (κ2) is 3.86. The number of aliphatic hydroxyl groups is 1. The van der Waals surface area contributed by atoms with Crippen molar-refractivity contribution >= 4 is 5.69 Å². The normalized spacial score (nSPS) is 15.1. The molecule has 0 unspecified atom stereocenters. The molecule has 0 amide bonds. The lowest BCUT2D eigenvalue weighted by atomic mass is 10.0. The standard InChI is InChI=1S/C13H19NO/c1-13(2,9-15)14-12-7-6-10-4-3-5-11(10)8-12/h6-8,14-15H,3-5,9H2,1-2H3. The van der Waals surface area contributed by atoms with Crippen LogP contribution in [-0.4, -0.2) is 17.3 Å². The van der Waals surface area contributed by atoms with Crippen molar-refractivity contribution in [1.29, 1.82) is 0 Å². The molecule has 0 saturated carbocycles. The number of anilines is 1. The molecule has 2 heteroatoms. The maximum Gasteiger partial charge on any atom is 0.0656 e. The van der Waals surface area contributed by atoms with Gasteiger partial charge in [-0.15, -0.1) is 0 Å². The first kappa shape index (κ1) is 10.5. The van der Waals surface area contributed by atoms with E-state index in [9.17, 15) is 5.11 Å². The van der Waals surface area contributed by atoms with Crippen molar-refractivity contribution in [2.75, 3.05) is 11.9 Å². The Morgan fingerprint density at radius 2 is 2.00 bits per heavy atom. The maximum absolute atomic E-state index is 9.19. The number of rotatable bonds is 3. The summed E-state index contributed by atoms with van der Waals surface area (Å²) in [5.41, 5.74) is 3.83. The van der Waals surface area contributed by atoms with Crippen LogP contribution in [0.5, 0.6) is 0 Å². The van der Waals surface area contributed by atoms with Crippen molar-refractivity contribution in [3.63, 3.8) is 0 Å². The number of nitrogens with one attached hydrogen (secondary N) is 1. The maximum atomic E-state index is 9.19. The molecule has 0 spiro atoms. The van der Waals surface area contributed by atoms with Crippen LogP contribution in [0.4, 0.5) is 5.69 Å². The Labute approximate surface area is 91.3 Å². The van der Waals surface area contributed by atoms with Crippen molar-refractivity contribution < 1.29 is 5.11 Å². The number of aliphatic hydroxyl groups excluding tert-OH is 1. The van der Waals surface area contributed by atoms with Gasteiger partial charge in [0.25, 0.3) is 0 Å². The van der Waals surface area contributed by atoms with Crippen LogP contribution in [0.1, 0.15) is 31.4 Å². The second-order valence-electron chi connectivity index (χ2n) is 5.00. The molecule has 1 aromatic rings. The smallest absolute Gasteiger partial charge is 0.0656 e. The number of hydrogen-bond donors (Lipinski definition) is 2. The molecule has 1 aliphatic rings. The van der Waals surface area contributed by atoms with Crippen molar-refractivity contribution in [1.82, 2.24) is 0 Å². The van der Waals surface area contributed by atoms with Crippen molar-refractivity contribution in [2.45, 2.75) is 38.6 Å². The number of fused-ring (bicyclic) bond motifs is 1. The minimum atomic E-state index is -0.243. The Bertz CT molecular complexity index is 358. The largest absolute Gasteiger partial charge is 0.394 e. The third-order valence-electron chi connectivity index (χ3n) is 2.98. The Morgan fingerprint density at radius 1 is 1.27 bits per heavy atom. The third-order valence-corrected chi connectivity index (χ3v) is 2.98. The molecule has 2 N–H and O–H groups in total. The molecule has 0 heterocycles. The Balaban J connectivity index is 2.17. The van der Waals surface area contributed by atoms with E-state index in [4.69, 9.17) is 0 Å². The molecule has 2 rings (SSSR count). The summed E-state index contributed by atoms with van der Waals surface area (Å²) >= 11 is 0. The topological polar surface area (TPSA) is 32.3 Å². The van der Waals surface area contributed by atoms with Gasteiger partial charge < -0.3 is 10.4 Å². The number of hydrogen-bond acceptors (Lipinski definition) is 2. The van der Waals surface area contributed by atoms with Crippen LogP contribution in [0.25, 0.3) is 0 Å². The molecule has 82 valence electrons. The van der Waals surface area contributed by atoms with Gasteiger partial charge >= 0.3 is 0 Å². The molecule has 0 fully saturated rings. The Morgan fingerprint density at radius 3 is 2.73 bits per heavy atom. The van der Waals surface area contributed by atoms with Gasteiger partial charge in [-0.2, -0.15) is 0 Å². The van der Waals surface area contributed by atoms with Crippen LogP contribution in [0.15, 0.2) is 18.2 Å². The van der Waals surface area contributed by atoms with E-state index >= 15 is 0 Å². The first-order valence-electron chi connectivity index (χ1n) is 5.61. The molecule has 0 saturated heterocycles. The van der Waals surface area contributed by atoms with E-state index in [2.05, 4.69) is 23.5 Å². The average Bonchev–Trinajstić information content (AvgIpc) is 2.64. The van der Waals surface area contributed by atoms with E-state index in [-0.39, 0.29) is 12.1 Å². The van der Waals surface area contributed by atoms with Gasteiger partial charge in [-0.05, 0) is 56.4 Å². The van der Waals surface area contributed by atoms with Gasteiger partial charge in [-0.1, -0.05) is 6.07 Å². The van der Waals surface area contributed by atoms with Gasteiger partial charge in [0.1, 0.15) is 0 Å². The fraction of sp³-hybridized carbons (Fsp3) is 0.538. The molecule has 0 aromatic heterocycles. The fourth-order valence-electron chi connectivity index (χ4n) is 2.08. The summed E-state index contributed by atoms with van der Waals surface area (Å²) in [6.45, 7) is 4.14. The number of benzene rings is 1. The Hall–Kier alpha value is -1.02. The predicted molar refractivity (Wildman–Crippen MR) is 63.3 cm³/mol. The first-order chi connectivity index (χ1) is 7.11. The summed E-state index contributed by atoms with van der Waals surface area (Å²) < 4.78 is 0. The molecule has 0 aliphatic heterocycles. The quantitative estimate of drug-likeness (QED) is 0.794. The minimum absolute atomic E-state index is 0.143. The summed E-state index contributed by atoms with van der Waals surface area (Å²) in [7, 11) is 0. The lowest BCUT2D eigenvalue weighted by Crippen LogP contribution is -2.34. The van der Waals surface area contributed by atoms with Gasteiger partial charge in [-0.25, -0.2) is 0 Å². The fourth-order valence-corrected chi connectivity index (χ4v) is 2.08. The SMILES string of the molecule is CC(C)(CO)Nc1ccc2c(c1)CCC2. The molecule has 0 atom stereocenters. The molecule has 1 aliphatic carbocycles. The van der Waals surface area contributed by atoms with Crippen molar-refractivity contribution in [2.24, 2.45) is 0 Å². The molecule has 1 aromatic carbocycles. The summed E-state index contributed by atoms with van der Waals surface area (Å²) in [5, 5.41) is 12.5. The molecule has 2 nitrogen and oxygen atoms in total. The monoisotopic (exact) mass is 205 g/mol. The summed E-state index contributed by atoms with van der Waals surface area (Å²) in [6, 6.07) is 6.54. The van der Waals surface area contributed by atoms with Crippen LogP contribution in [0, 0.1) is 0 Å². The number of aryl methyl sites for hydroxylation is 2. The van der Waals surface area contributed by atoms with Crippen molar-refractivity contribution in [3.05, 3.63) is 29.3 Å². The van der Waals surface area contributed by atoms with E-state index in [1.165, 1.54) is 30.4 Å². The third kappa shape index (κ3) is 2.32. The summed E-state index contributed by atoms with van der Waals surface area (Å²) in [6.07, 6.45) is 3.70. The lowest BCUT2D eigenvalue weighted by Gasteiger charge is -2.25. The molecule has 0 bridgehead atoms. The summed E-state index contributed by atoms with van der Waals surface area (Å²) in [5.74, 6) is 0. The van der Waals surface area contributed by atoms with Crippen molar-refractivity contribution in [3.8, 4) is 0 Å². The Kier molecular flexibility index (Phi) is 2.70. The highest BCUT2D eigenvalue weighted by Gasteiger charge is 2.17. The van der Waals surface area contributed by atoms with Crippen LogP contribution in [0.2, 0.25) is 0 Å². The zero-order chi connectivity index (χ0) is 10.9. The molecular weight excluding hydrogens is 186 g/mol. The molecule has 0 radical (unpaired) electrons. The van der Waals surface area contributed by atoms with Crippen LogP contribution >= 0.6 is 0 Å². The lowest BCUT2D eigenvalue weighted by molar-refractivity contribution is 0.234. The highest BCUT2D eigenvalue weighted by atomic mass is 16.3. The zero-order valence-corrected chi connectivity index (χ0v) is 9.51. The molecular formula is C13H19NO. The van der Waals surface area contributed by atoms with Gasteiger partial charge in [0.15, 0.2) is 0 Å². The van der Waals surface area contributed by atoms with Crippen LogP contribution < -0.4 is 5.32 Å². The van der Waals surface area contributed by atoms with E-state index in [0.29, 0.717) is 0 Å². The minimum Gasteiger partial charge on any atom is -0.394 e. The van der Waals surface area contributed by atoms with E-state index in [1.54, 1.807) is 0 Å². The van der Waals surface area contributed by atoms with E-state index < -0.39 is 0 Å². The van der Waals surface area contributed by atoms with Crippen LogP contribution in [0.3, 0.4) is 0 Å². The van der Waals surface area contributed by atoms with E-state index in [0.717, 1.165) is 5.69 Å². The second-order valence-corrected chi connectivity index (χ2v) is 5.00. The highest BCUT2D eigenvalue weighted by Crippen LogP contribution is 2.26. The van der Waals surface area contributed by atoms with Gasteiger partial charge in [0.05, 0.1) is 12.1 Å². The van der Waals surface area contributed by atoms with Gasteiger partial charge in [-0.3, -0.25) is 0 Å². The van der Waals surface area contributed by atoms with Gasteiger partial charge in [0.2, 0.25) is 0 Å².